The Bertz CT molecular complexity index is 388. The van der Waals surface area contributed by atoms with Crippen LogP contribution in [0.25, 0.3) is 0 Å². The molecule has 1 rings (SSSR count). The van der Waals surface area contributed by atoms with Gasteiger partial charge in [-0.15, -0.1) is 0 Å². The van der Waals surface area contributed by atoms with Crippen molar-refractivity contribution in [1.29, 1.82) is 0 Å². The Hall–Kier alpha value is -0.620. The van der Waals surface area contributed by atoms with E-state index in [9.17, 15) is 18.3 Å². The summed E-state index contributed by atoms with van der Waals surface area (Å²) in [6.45, 7) is 4.11. The highest BCUT2D eigenvalue weighted by atomic mass is 32.2. The van der Waals surface area contributed by atoms with Gasteiger partial charge in [0.2, 0.25) is 5.91 Å². The van der Waals surface area contributed by atoms with Crippen molar-refractivity contribution >= 4 is 15.7 Å². The first kappa shape index (κ1) is 14.4. The lowest BCUT2D eigenvalue weighted by Crippen LogP contribution is -2.42. The molecule has 1 aliphatic rings. The van der Waals surface area contributed by atoms with Crippen molar-refractivity contribution in [1.82, 2.24) is 4.90 Å². The highest BCUT2D eigenvalue weighted by molar-refractivity contribution is 7.92. The molecule has 1 N–H and O–H groups in total. The van der Waals surface area contributed by atoms with E-state index in [1.807, 2.05) is 0 Å². The number of carbonyl (C=O) groups is 1. The molecule has 17 heavy (non-hydrogen) atoms. The molecule has 5 nitrogen and oxygen atoms in total. The van der Waals surface area contributed by atoms with E-state index in [0.717, 1.165) is 6.26 Å². The van der Waals surface area contributed by atoms with Crippen molar-refractivity contribution in [3.8, 4) is 0 Å². The van der Waals surface area contributed by atoms with Gasteiger partial charge in [0.05, 0.1) is 5.60 Å². The van der Waals surface area contributed by atoms with Gasteiger partial charge in [-0.25, -0.2) is 8.42 Å². The minimum atomic E-state index is -3.35. The lowest BCUT2D eigenvalue weighted by Gasteiger charge is -2.24. The topological polar surface area (TPSA) is 74.7 Å². The third-order valence-electron chi connectivity index (χ3n) is 3.37. The monoisotopic (exact) mass is 263 g/mol. The minimum Gasteiger partial charge on any atom is -0.390 e. The molecule has 1 aliphatic heterocycles. The molecule has 1 heterocycles. The van der Waals surface area contributed by atoms with Gasteiger partial charge < -0.3 is 10.0 Å². The summed E-state index contributed by atoms with van der Waals surface area (Å²) in [5, 5.41) is 8.90. The molecule has 0 radical (unpaired) electrons. The Kier molecular flexibility index (Phi) is 4.19. The van der Waals surface area contributed by atoms with E-state index < -0.39 is 20.7 Å². The third-order valence-corrected chi connectivity index (χ3v) is 4.85. The smallest absolute Gasteiger partial charge is 0.240 e. The fourth-order valence-electron chi connectivity index (χ4n) is 1.92. The molecule has 2 unspecified atom stereocenters. The molecular formula is C11H21NO4S. The van der Waals surface area contributed by atoms with Crippen molar-refractivity contribution in [2.24, 2.45) is 0 Å². The summed E-state index contributed by atoms with van der Waals surface area (Å²) in [5.74, 6) is -0.356. The van der Waals surface area contributed by atoms with Crippen molar-refractivity contribution < 1.29 is 18.3 Å². The Labute approximate surface area is 103 Å². The average molecular weight is 263 g/mol. The van der Waals surface area contributed by atoms with Gasteiger partial charge in [-0.05, 0) is 33.1 Å². The van der Waals surface area contributed by atoms with E-state index in [-0.39, 0.29) is 5.91 Å². The molecule has 100 valence electrons. The van der Waals surface area contributed by atoms with Gasteiger partial charge in [-0.3, -0.25) is 4.79 Å². The SMILES string of the molecule is CC(C(=O)N1CCCC(C)(O)CC1)S(C)(=O)=O. The zero-order chi connectivity index (χ0) is 13.3. The molecule has 0 aromatic rings. The molecule has 1 amide bonds. The molecule has 0 aromatic heterocycles. The maximum Gasteiger partial charge on any atom is 0.240 e. The van der Waals surface area contributed by atoms with Gasteiger partial charge in [0.1, 0.15) is 5.25 Å². The van der Waals surface area contributed by atoms with Crippen LogP contribution in [-0.2, 0) is 14.6 Å². The van der Waals surface area contributed by atoms with Gasteiger partial charge >= 0.3 is 0 Å². The van der Waals surface area contributed by atoms with Crippen LogP contribution in [0.4, 0.5) is 0 Å². The predicted octanol–water partition coefficient (Wildman–Crippen LogP) is 0.183. The maximum atomic E-state index is 12.0. The lowest BCUT2D eigenvalue weighted by molar-refractivity contribution is -0.130. The number of likely N-dealkylation sites (tertiary alicyclic amines) is 1. The molecule has 1 fully saturated rings. The van der Waals surface area contributed by atoms with Gasteiger partial charge in [-0.2, -0.15) is 0 Å². The fraction of sp³-hybridized carbons (Fsp3) is 0.909. The summed E-state index contributed by atoms with van der Waals surface area (Å²) in [4.78, 5) is 13.5. The first-order valence-electron chi connectivity index (χ1n) is 5.83. The second-order valence-electron chi connectivity index (χ2n) is 5.15. The third kappa shape index (κ3) is 3.96. The standard InChI is InChI=1S/C11H21NO4S/c1-9(17(3,15)16)10(13)12-7-4-5-11(2,14)6-8-12/h9,14H,4-8H2,1-3H3. The largest absolute Gasteiger partial charge is 0.390 e. The van der Waals surface area contributed by atoms with E-state index in [0.29, 0.717) is 32.4 Å². The van der Waals surface area contributed by atoms with Crippen LogP contribution >= 0.6 is 0 Å². The van der Waals surface area contributed by atoms with Crippen molar-refractivity contribution in [3.05, 3.63) is 0 Å². The van der Waals surface area contributed by atoms with Crippen molar-refractivity contribution in [2.75, 3.05) is 19.3 Å². The van der Waals surface area contributed by atoms with Crippen LogP contribution in [0.1, 0.15) is 33.1 Å². The summed E-state index contributed by atoms with van der Waals surface area (Å²) in [6.07, 6.45) is 2.91. The molecule has 0 saturated carbocycles. The Morgan fingerprint density at radius 3 is 2.47 bits per heavy atom. The highest BCUT2D eigenvalue weighted by Crippen LogP contribution is 2.22. The van der Waals surface area contributed by atoms with E-state index in [1.54, 1.807) is 11.8 Å². The number of aliphatic hydroxyl groups is 1. The number of nitrogens with zero attached hydrogens (tertiary/aromatic N) is 1. The van der Waals surface area contributed by atoms with E-state index in [4.69, 9.17) is 0 Å². The molecule has 0 aromatic carbocycles. The normalized spacial score (nSPS) is 28.6. The van der Waals surface area contributed by atoms with Crippen LogP contribution in [0.5, 0.6) is 0 Å². The highest BCUT2D eigenvalue weighted by Gasteiger charge is 2.32. The molecule has 1 saturated heterocycles. The minimum absolute atomic E-state index is 0.356. The van der Waals surface area contributed by atoms with Crippen LogP contribution in [0.2, 0.25) is 0 Å². The number of carbonyl (C=O) groups excluding carboxylic acids is 1. The van der Waals surface area contributed by atoms with E-state index in [1.165, 1.54) is 6.92 Å². The number of hydrogen-bond acceptors (Lipinski definition) is 4. The Morgan fingerprint density at radius 1 is 1.35 bits per heavy atom. The zero-order valence-electron chi connectivity index (χ0n) is 10.6. The van der Waals surface area contributed by atoms with Gasteiger partial charge in [-0.1, -0.05) is 0 Å². The number of sulfone groups is 1. The number of hydrogen-bond donors (Lipinski definition) is 1. The summed E-state index contributed by atoms with van der Waals surface area (Å²) >= 11 is 0. The van der Waals surface area contributed by atoms with Gasteiger partial charge in [0.15, 0.2) is 9.84 Å². The molecule has 6 heteroatoms. The molecule has 0 bridgehead atoms. The predicted molar refractivity (Wildman–Crippen MR) is 65.4 cm³/mol. The molecular weight excluding hydrogens is 242 g/mol. The summed E-state index contributed by atoms with van der Waals surface area (Å²) < 4.78 is 22.7. The second-order valence-corrected chi connectivity index (χ2v) is 7.51. The molecule has 0 spiro atoms. The van der Waals surface area contributed by atoms with E-state index in [2.05, 4.69) is 0 Å². The van der Waals surface area contributed by atoms with Crippen LogP contribution in [-0.4, -0.2) is 54.5 Å². The van der Waals surface area contributed by atoms with Gasteiger partial charge in [0.25, 0.3) is 0 Å². The summed E-state index contributed by atoms with van der Waals surface area (Å²) in [5.41, 5.74) is -0.747. The maximum absolute atomic E-state index is 12.0. The van der Waals surface area contributed by atoms with Gasteiger partial charge in [0, 0.05) is 19.3 Å². The van der Waals surface area contributed by atoms with E-state index >= 15 is 0 Å². The molecule has 2 atom stereocenters. The average Bonchev–Trinajstić information content (AvgIpc) is 2.36. The lowest BCUT2D eigenvalue weighted by atomic mass is 9.98. The molecule has 0 aliphatic carbocycles. The zero-order valence-corrected chi connectivity index (χ0v) is 11.5. The number of amides is 1. The van der Waals surface area contributed by atoms with Crippen LogP contribution in [0.3, 0.4) is 0 Å². The summed E-state index contributed by atoms with van der Waals surface area (Å²) in [7, 11) is -3.35. The van der Waals surface area contributed by atoms with Crippen molar-refractivity contribution in [3.63, 3.8) is 0 Å². The van der Waals surface area contributed by atoms with Crippen LogP contribution in [0, 0.1) is 0 Å². The van der Waals surface area contributed by atoms with Crippen LogP contribution < -0.4 is 0 Å². The number of rotatable bonds is 2. The quantitative estimate of drug-likeness (QED) is 0.771. The van der Waals surface area contributed by atoms with Crippen molar-refractivity contribution in [2.45, 2.75) is 44.0 Å². The summed E-state index contributed by atoms with van der Waals surface area (Å²) in [6, 6.07) is 0. The first-order valence-corrected chi connectivity index (χ1v) is 7.79. The Morgan fingerprint density at radius 2 is 1.94 bits per heavy atom. The Balaban J connectivity index is 2.71. The van der Waals surface area contributed by atoms with Crippen LogP contribution in [0.15, 0.2) is 0 Å². The first-order chi connectivity index (χ1) is 7.63. The second kappa shape index (κ2) is 4.94. The fourth-order valence-corrected chi connectivity index (χ4v) is 2.44.